The van der Waals surface area contributed by atoms with Crippen LogP contribution in [0, 0.1) is 5.92 Å². The summed E-state index contributed by atoms with van der Waals surface area (Å²) in [7, 11) is 1.72. The van der Waals surface area contributed by atoms with Gasteiger partial charge in [0.15, 0.2) is 5.60 Å². The van der Waals surface area contributed by atoms with Crippen LogP contribution in [0.25, 0.3) is 0 Å². The lowest BCUT2D eigenvalue weighted by Gasteiger charge is -2.40. The number of aromatic nitrogens is 1. The number of benzene rings is 1. The van der Waals surface area contributed by atoms with E-state index < -0.39 is 5.60 Å². The molecule has 2 amide bonds. The van der Waals surface area contributed by atoms with Gasteiger partial charge in [0, 0.05) is 5.69 Å². The number of hydrogen-bond donors (Lipinski definition) is 2. The van der Waals surface area contributed by atoms with Gasteiger partial charge in [-0.2, -0.15) is 4.98 Å². The van der Waals surface area contributed by atoms with E-state index in [4.69, 9.17) is 4.74 Å². The minimum atomic E-state index is -1.04. The highest BCUT2D eigenvalue weighted by Crippen LogP contribution is 2.43. The number of anilines is 3. The van der Waals surface area contributed by atoms with Gasteiger partial charge in [0.2, 0.25) is 11.8 Å². The quantitative estimate of drug-likeness (QED) is 0.724. The Morgan fingerprint density at radius 1 is 1.17 bits per heavy atom. The van der Waals surface area contributed by atoms with Crippen LogP contribution in [0.5, 0.6) is 5.88 Å². The summed E-state index contributed by atoms with van der Waals surface area (Å²) in [5.74, 6) is 0.837. The summed E-state index contributed by atoms with van der Waals surface area (Å²) in [4.78, 5) is 31.9. The molecule has 1 aliphatic rings. The molecule has 2 heterocycles. The molecule has 0 saturated carbocycles. The Hall–Kier alpha value is -2.93. The van der Waals surface area contributed by atoms with Gasteiger partial charge >= 0.3 is 0 Å². The molecule has 7 heteroatoms. The highest BCUT2D eigenvalue weighted by Gasteiger charge is 2.45. The van der Waals surface area contributed by atoms with E-state index in [9.17, 15) is 9.59 Å². The van der Waals surface area contributed by atoms with Crippen LogP contribution in [0.15, 0.2) is 42.5 Å². The number of amides is 2. The second-order valence-corrected chi connectivity index (χ2v) is 8.26. The molecule has 0 spiro atoms. The largest absolute Gasteiger partial charge is 0.460 e. The summed E-state index contributed by atoms with van der Waals surface area (Å²) in [6.07, 6.45) is 1.41. The molecule has 0 saturated heterocycles. The molecule has 0 radical (unpaired) electrons. The van der Waals surface area contributed by atoms with Gasteiger partial charge in [0.05, 0.1) is 6.04 Å². The Kier molecular flexibility index (Phi) is 6.41. The smallest absolute Gasteiger partial charge is 0.275 e. The van der Waals surface area contributed by atoms with Crippen molar-refractivity contribution in [3.63, 3.8) is 0 Å². The second kappa shape index (κ2) is 8.83. The first-order valence-electron chi connectivity index (χ1n) is 10.3. The van der Waals surface area contributed by atoms with Crippen molar-refractivity contribution in [2.24, 2.45) is 5.92 Å². The Morgan fingerprint density at radius 2 is 1.87 bits per heavy atom. The van der Waals surface area contributed by atoms with Gasteiger partial charge < -0.3 is 15.4 Å². The lowest BCUT2D eigenvalue weighted by molar-refractivity contribution is -0.134. The average Bonchev–Trinajstić information content (AvgIpc) is 2.73. The lowest BCUT2D eigenvalue weighted by atomic mass is 9.92. The minimum absolute atomic E-state index is 0.121. The third-order valence-electron chi connectivity index (χ3n) is 5.35. The standard InChI is InChI=1S/C23H30N4O3/c1-15(2)13-14-23(4)22(29)27(17-9-7-6-8-10-17)18-11-12-19(26-21(18)30-23)25-20(28)16(3)24-5/h6-12,15-16,24H,13-14H2,1-5H3,(H,25,26,28). The minimum Gasteiger partial charge on any atom is -0.460 e. The van der Waals surface area contributed by atoms with E-state index in [-0.39, 0.29) is 17.9 Å². The van der Waals surface area contributed by atoms with Crippen molar-refractivity contribution in [3.8, 4) is 5.88 Å². The number of fused-ring (bicyclic) bond motifs is 1. The van der Waals surface area contributed by atoms with Crippen molar-refractivity contribution in [2.75, 3.05) is 17.3 Å². The number of para-hydroxylation sites is 1. The topological polar surface area (TPSA) is 83.6 Å². The molecule has 0 fully saturated rings. The molecule has 2 atom stereocenters. The maximum absolute atomic E-state index is 13.5. The van der Waals surface area contributed by atoms with E-state index in [1.807, 2.05) is 37.3 Å². The van der Waals surface area contributed by atoms with Gasteiger partial charge in [-0.3, -0.25) is 14.5 Å². The molecule has 1 aromatic carbocycles. The van der Waals surface area contributed by atoms with Gasteiger partial charge in [-0.15, -0.1) is 0 Å². The highest BCUT2D eigenvalue weighted by molar-refractivity contribution is 6.08. The molecule has 3 rings (SSSR count). The Balaban J connectivity index is 2.01. The summed E-state index contributed by atoms with van der Waals surface area (Å²) in [5, 5.41) is 5.69. The SMILES string of the molecule is CNC(C)C(=O)Nc1ccc2c(n1)OC(C)(CCC(C)C)C(=O)N2c1ccccc1. The number of rotatable bonds is 7. The van der Waals surface area contributed by atoms with Crippen molar-refractivity contribution in [1.29, 1.82) is 0 Å². The molecular weight excluding hydrogens is 380 g/mol. The fraction of sp³-hybridized carbons (Fsp3) is 0.435. The third kappa shape index (κ3) is 4.46. The van der Waals surface area contributed by atoms with Crippen LogP contribution >= 0.6 is 0 Å². The van der Waals surface area contributed by atoms with Gasteiger partial charge in [-0.25, -0.2) is 0 Å². The molecule has 0 bridgehead atoms. The average molecular weight is 411 g/mol. The number of pyridine rings is 1. The zero-order chi connectivity index (χ0) is 21.9. The molecule has 2 unspecified atom stereocenters. The third-order valence-corrected chi connectivity index (χ3v) is 5.35. The summed E-state index contributed by atoms with van der Waals surface area (Å²) in [5.41, 5.74) is 0.277. The van der Waals surface area contributed by atoms with Crippen LogP contribution in [0.3, 0.4) is 0 Å². The van der Waals surface area contributed by atoms with Crippen molar-refractivity contribution in [2.45, 2.75) is 52.2 Å². The number of carbonyl (C=O) groups is 2. The summed E-state index contributed by atoms with van der Waals surface area (Å²) >= 11 is 0. The molecule has 2 N–H and O–H groups in total. The van der Waals surface area contributed by atoms with Gasteiger partial charge in [0.25, 0.3) is 5.91 Å². The van der Waals surface area contributed by atoms with E-state index in [0.717, 1.165) is 12.1 Å². The molecule has 1 aromatic heterocycles. The second-order valence-electron chi connectivity index (χ2n) is 8.26. The summed E-state index contributed by atoms with van der Waals surface area (Å²) in [6, 6.07) is 12.6. The van der Waals surface area contributed by atoms with E-state index in [2.05, 4.69) is 29.5 Å². The molecule has 30 heavy (non-hydrogen) atoms. The van der Waals surface area contributed by atoms with Crippen LogP contribution in [0.2, 0.25) is 0 Å². The maximum atomic E-state index is 13.5. The first-order valence-corrected chi connectivity index (χ1v) is 10.3. The summed E-state index contributed by atoms with van der Waals surface area (Å²) in [6.45, 7) is 7.82. The molecule has 0 aliphatic carbocycles. The molecule has 160 valence electrons. The van der Waals surface area contributed by atoms with Crippen LogP contribution in [0.4, 0.5) is 17.2 Å². The van der Waals surface area contributed by atoms with Crippen molar-refractivity contribution < 1.29 is 14.3 Å². The van der Waals surface area contributed by atoms with Crippen LogP contribution in [-0.2, 0) is 9.59 Å². The first-order chi connectivity index (χ1) is 14.2. The lowest BCUT2D eigenvalue weighted by Crippen LogP contribution is -2.53. The monoisotopic (exact) mass is 410 g/mol. The maximum Gasteiger partial charge on any atom is 0.275 e. The van der Waals surface area contributed by atoms with E-state index in [0.29, 0.717) is 29.7 Å². The van der Waals surface area contributed by atoms with E-state index >= 15 is 0 Å². The van der Waals surface area contributed by atoms with Gasteiger partial charge in [0.1, 0.15) is 11.5 Å². The first kappa shape index (κ1) is 21.8. The van der Waals surface area contributed by atoms with Crippen LogP contribution < -0.4 is 20.3 Å². The molecular formula is C23H30N4O3. The Labute approximate surface area is 177 Å². The van der Waals surface area contributed by atoms with Crippen LogP contribution in [0.1, 0.15) is 40.5 Å². The number of nitrogens with one attached hydrogen (secondary N) is 2. The Morgan fingerprint density at radius 3 is 2.50 bits per heavy atom. The number of ether oxygens (including phenoxy) is 1. The normalized spacial score (nSPS) is 19.3. The predicted molar refractivity (Wildman–Crippen MR) is 118 cm³/mol. The predicted octanol–water partition coefficient (Wildman–Crippen LogP) is 3.88. The van der Waals surface area contributed by atoms with Gasteiger partial charge in [-0.1, -0.05) is 32.0 Å². The number of hydrogen-bond acceptors (Lipinski definition) is 5. The number of nitrogens with zero attached hydrogens (tertiary/aromatic N) is 2. The summed E-state index contributed by atoms with van der Waals surface area (Å²) < 4.78 is 6.17. The van der Waals surface area contributed by atoms with Crippen molar-refractivity contribution in [1.82, 2.24) is 10.3 Å². The highest BCUT2D eigenvalue weighted by atomic mass is 16.5. The number of likely N-dealkylation sites (N-methyl/N-ethyl adjacent to an activating group) is 1. The molecule has 7 nitrogen and oxygen atoms in total. The van der Waals surface area contributed by atoms with Crippen molar-refractivity contribution >= 4 is 29.0 Å². The zero-order valence-electron chi connectivity index (χ0n) is 18.2. The fourth-order valence-electron chi connectivity index (χ4n) is 3.27. The molecule has 1 aliphatic heterocycles. The van der Waals surface area contributed by atoms with Crippen LogP contribution in [-0.4, -0.2) is 35.5 Å². The van der Waals surface area contributed by atoms with E-state index in [1.54, 1.807) is 31.0 Å². The van der Waals surface area contributed by atoms with Crippen molar-refractivity contribution in [3.05, 3.63) is 42.5 Å². The van der Waals surface area contributed by atoms with E-state index in [1.165, 1.54) is 0 Å². The Bertz CT molecular complexity index is 916. The van der Waals surface area contributed by atoms with Gasteiger partial charge in [-0.05, 0) is 63.9 Å². The zero-order valence-corrected chi connectivity index (χ0v) is 18.2. The number of carbonyl (C=O) groups excluding carboxylic acids is 2. The fourth-order valence-corrected chi connectivity index (χ4v) is 3.27. The molecule has 2 aromatic rings.